The van der Waals surface area contributed by atoms with Crippen molar-refractivity contribution in [1.29, 1.82) is 0 Å². The lowest BCUT2D eigenvalue weighted by molar-refractivity contribution is 0.0528. The van der Waals surface area contributed by atoms with Crippen LogP contribution in [0, 0.1) is 0 Å². The number of anilines is 1. The van der Waals surface area contributed by atoms with Crippen LogP contribution in [0.4, 0.5) is 10.5 Å². The number of alkyl carbamates (subject to hydrolysis) is 1. The molecule has 1 aromatic carbocycles. The molecule has 7 nitrogen and oxygen atoms in total. The summed E-state index contributed by atoms with van der Waals surface area (Å²) in [5.41, 5.74) is 1.68. The van der Waals surface area contributed by atoms with Crippen LogP contribution in [0.15, 0.2) is 24.3 Å². The van der Waals surface area contributed by atoms with E-state index in [1.54, 1.807) is 4.31 Å². The number of piperidine rings is 1. The van der Waals surface area contributed by atoms with Crippen LogP contribution in [0.1, 0.15) is 84.6 Å². The highest BCUT2D eigenvalue weighted by molar-refractivity contribution is 7.89. The van der Waals surface area contributed by atoms with Crippen LogP contribution in [-0.2, 0) is 21.2 Å². The molecule has 0 bridgehead atoms. The van der Waals surface area contributed by atoms with Crippen molar-refractivity contribution in [3.05, 3.63) is 29.8 Å². The molecule has 1 aromatic rings. The van der Waals surface area contributed by atoms with Crippen LogP contribution < -0.4 is 10.6 Å². The molecule has 2 rings (SSSR count). The minimum absolute atomic E-state index is 0.278. The normalized spacial score (nSPS) is 15.8. The number of hydrogen-bond donors (Lipinski definition) is 2. The van der Waals surface area contributed by atoms with Gasteiger partial charge in [-0.15, -0.1) is 0 Å². The summed E-state index contributed by atoms with van der Waals surface area (Å²) in [6.07, 6.45) is 8.52. The molecule has 0 saturated carbocycles. The standard InChI is InChI=1S/C26H45N3O4S/c1-5-6-7-8-9-10-21-34(31,32)29-19-16-24(17-20-29)28-23-13-11-22(12-14-23)15-18-27-25(30)33-26(2,3)4/h11-14,24,28H,5-10,15-21H2,1-4H3,(H,27,30). The number of sulfonamides is 1. The molecule has 2 N–H and O–H groups in total. The molecular formula is C26H45N3O4S. The first-order valence-electron chi connectivity index (χ1n) is 12.9. The molecule has 0 atom stereocenters. The molecule has 34 heavy (non-hydrogen) atoms. The van der Waals surface area contributed by atoms with E-state index in [0.29, 0.717) is 19.6 Å². The van der Waals surface area contributed by atoms with Crippen molar-refractivity contribution in [2.75, 3.05) is 30.7 Å². The number of unbranched alkanes of at least 4 members (excludes halogenated alkanes) is 5. The number of amides is 1. The fourth-order valence-electron chi connectivity index (χ4n) is 4.10. The van der Waals surface area contributed by atoms with Gasteiger partial charge in [-0.05, 0) is 64.2 Å². The Balaban J connectivity index is 1.67. The summed E-state index contributed by atoms with van der Waals surface area (Å²) in [6.45, 7) is 9.42. The Hall–Kier alpha value is -1.80. The number of benzene rings is 1. The van der Waals surface area contributed by atoms with Gasteiger partial charge in [-0.25, -0.2) is 17.5 Å². The van der Waals surface area contributed by atoms with Crippen LogP contribution >= 0.6 is 0 Å². The van der Waals surface area contributed by atoms with Crippen molar-refractivity contribution in [2.24, 2.45) is 0 Å². The fraction of sp³-hybridized carbons (Fsp3) is 0.731. The molecule has 0 aromatic heterocycles. The first-order chi connectivity index (χ1) is 16.1. The Bertz CT molecular complexity index is 827. The number of nitrogens with one attached hydrogen (secondary N) is 2. The number of carbonyl (C=O) groups is 1. The van der Waals surface area contributed by atoms with Gasteiger partial charge in [-0.3, -0.25) is 0 Å². The van der Waals surface area contributed by atoms with E-state index in [1.807, 2.05) is 32.9 Å². The number of nitrogens with zero attached hydrogens (tertiary/aromatic N) is 1. The quantitative estimate of drug-likeness (QED) is 0.362. The molecule has 194 valence electrons. The van der Waals surface area contributed by atoms with Gasteiger partial charge in [-0.1, -0.05) is 51.2 Å². The van der Waals surface area contributed by atoms with Crippen LogP contribution in [0.5, 0.6) is 0 Å². The van der Waals surface area contributed by atoms with E-state index in [-0.39, 0.29) is 11.8 Å². The van der Waals surface area contributed by atoms with Crippen molar-refractivity contribution in [3.63, 3.8) is 0 Å². The highest BCUT2D eigenvalue weighted by Gasteiger charge is 2.27. The molecule has 0 radical (unpaired) electrons. The summed E-state index contributed by atoms with van der Waals surface area (Å²) in [4.78, 5) is 11.7. The van der Waals surface area contributed by atoms with Crippen LogP contribution in [0.25, 0.3) is 0 Å². The monoisotopic (exact) mass is 495 g/mol. The average Bonchev–Trinajstić information content (AvgIpc) is 2.76. The molecule has 1 aliphatic rings. The van der Waals surface area contributed by atoms with E-state index in [1.165, 1.54) is 19.3 Å². The Kier molecular flexibility index (Phi) is 11.6. The average molecular weight is 496 g/mol. The third kappa shape index (κ3) is 11.1. The van der Waals surface area contributed by atoms with Gasteiger partial charge >= 0.3 is 6.09 Å². The van der Waals surface area contributed by atoms with Gasteiger partial charge in [0.1, 0.15) is 5.60 Å². The minimum Gasteiger partial charge on any atom is -0.444 e. The maximum Gasteiger partial charge on any atom is 0.407 e. The summed E-state index contributed by atoms with van der Waals surface area (Å²) < 4.78 is 32.2. The number of hydrogen-bond acceptors (Lipinski definition) is 5. The molecule has 1 amide bonds. The molecule has 1 fully saturated rings. The van der Waals surface area contributed by atoms with E-state index in [9.17, 15) is 13.2 Å². The van der Waals surface area contributed by atoms with E-state index < -0.39 is 21.7 Å². The van der Waals surface area contributed by atoms with E-state index >= 15 is 0 Å². The maximum atomic E-state index is 12.6. The zero-order valence-corrected chi connectivity index (χ0v) is 22.4. The Morgan fingerprint density at radius 3 is 2.26 bits per heavy atom. The highest BCUT2D eigenvalue weighted by atomic mass is 32.2. The molecule has 8 heteroatoms. The SMILES string of the molecule is CCCCCCCCS(=O)(=O)N1CCC(Nc2ccc(CCNC(=O)OC(C)(C)C)cc2)CC1. The van der Waals surface area contributed by atoms with Crippen molar-refractivity contribution in [1.82, 2.24) is 9.62 Å². The Labute approximate surface area is 207 Å². The Morgan fingerprint density at radius 2 is 1.65 bits per heavy atom. The number of rotatable bonds is 13. The number of carbonyl (C=O) groups excluding carboxylic acids is 1. The summed E-state index contributed by atoms with van der Waals surface area (Å²) in [5, 5.41) is 6.32. The van der Waals surface area contributed by atoms with Gasteiger partial charge in [0.05, 0.1) is 5.75 Å². The van der Waals surface area contributed by atoms with E-state index in [0.717, 1.165) is 49.8 Å². The van der Waals surface area contributed by atoms with Crippen molar-refractivity contribution in [2.45, 2.75) is 97.1 Å². The van der Waals surface area contributed by atoms with E-state index in [2.05, 4.69) is 29.7 Å². The summed E-state index contributed by atoms with van der Waals surface area (Å²) in [7, 11) is -3.14. The third-order valence-electron chi connectivity index (χ3n) is 6.01. The summed E-state index contributed by atoms with van der Waals surface area (Å²) >= 11 is 0. The first-order valence-corrected chi connectivity index (χ1v) is 14.5. The smallest absolute Gasteiger partial charge is 0.407 e. The van der Waals surface area contributed by atoms with Gasteiger partial charge < -0.3 is 15.4 Å². The summed E-state index contributed by atoms with van der Waals surface area (Å²) in [6, 6.07) is 8.48. The topological polar surface area (TPSA) is 87.7 Å². The lowest BCUT2D eigenvalue weighted by Gasteiger charge is -2.32. The summed E-state index contributed by atoms with van der Waals surface area (Å²) in [5.74, 6) is 0.279. The second-order valence-electron chi connectivity index (χ2n) is 10.3. The lowest BCUT2D eigenvalue weighted by atomic mass is 10.1. The van der Waals surface area contributed by atoms with Crippen LogP contribution in [-0.4, -0.2) is 55.8 Å². The van der Waals surface area contributed by atoms with Crippen LogP contribution in [0.3, 0.4) is 0 Å². The zero-order chi connectivity index (χ0) is 25.0. The van der Waals surface area contributed by atoms with Crippen molar-refractivity contribution < 1.29 is 17.9 Å². The van der Waals surface area contributed by atoms with Gasteiger partial charge in [-0.2, -0.15) is 0 Å². The molecule has 0 aliphatic carbocycles. The van der Waals surface area contributed by atoms with Gasteiger partial charge in [0.2, 0.25) is 10.0 Å². The molecular weight excluding hydrogens is 450 g/mol. The maximum absolute atomic E-state index is 12.6. The van der Waals surface area contributed by atoms with Gasteiger partial charge in [0, 0.05) is 31.4 Å². The first kappa shape index (κ1) is 28.4. The fourth-order valence-corrected chi connectivity index (χ4v) is 5.69. The van der Waals surface area contributed by atoms with Crippen LogP contribution in [0.2, 0.25) is 0 Å². The number of ether oxygens (including phenoxy) is 1. The Morgan fingerprint density at radius 1 is 1.03 bits per heavy atom. The second kappa shape index (κ2) is 13.9. The third-order valence-corrected chi connectivity index (χ3v) is 7.97. The second-order valence-corrected chi connectivity index (χ2v) is 12.4. The van der Waals surface area contributed by atoms with Gasteiger partial charge in [0.15, 0.2) is 0 Å². The largest absolute Gasteiger partial charge is 0.444 e. The molecule has 1 aliphatic heterocycles. The molecule has 0 spiro atoms. The highest BCUT2D eigenvalue weighted by Crippen LogP contribution is 2.20. The predicted molar refractivity (Wildman–Crippen MR) is 140 cm³/mol. The predicted octanol–water partition coefficient (Wildman–Crippen LogP) is 5.32. The van der Waals surface area contributed by atoms with E-state index in [4.69, 9.17) is 4.74 Å². The lowest BCUT2D eigenvalue weighted by Crippen LogP contribution is -2.43. The molecule has 1 heterocycles. The molecule has 0 unspecified atom stereocenters. The molecule has 1 saturated heterocycles. The zero-order valence-electron chi connectivity index (χ0n) is 21.6. The van der Waals surface area contributed by atoms with Gasteiger partial charge in [0.25, 0.3) is 0 Å². The van der Waals surface area contributed by atoms with Crippen molar-refractivity contribution >= 4 is 21.8 Å². The van der Waals surface area contributed by atoms with Crippen molar-refractivity contribution in [3.8, 4) is 0 Å². The minimum atomic E-state index is -3.14.